The number of halogens is 1. The van der Waals surface area contributed by atoms with E-state index in [1.165, 1.54) is 4.90 Å². The van der Waals surface area contributed by atoms with Crippen molar-refractivity contribution in [3.05, 3.63) is 100 Å². The third-order valence-electron chi connectivity index (χ3n) is 7.04. The van der Waals surface area contributed by atoms with Crippen molar-refractivity contribution in [1.29, 1.82) is 0 Å². The molecule has 0 aromatic heterocycles. The third-order valence-corrected chi connectivity index (χ3v) is 8.40. The molecule has 9 heteroatoms. The minimum absolute atomic E-state index is 0.0786. The Balaban J connectivity index is 2.09. The Hall–Kier alpha value is -3.36. The Morgan fingerprint density at radius 2 is 1.60 bits per heavy atom. The normalized spacial score (nSPS) is 12.8. The maximum atomic E-state index is 14.2. The minimum atomic E-state index is -3.83. The summed E-state index contributed by atoms with van der Waals surface area (Å²) < 4.78 is 27.1. The molecule has 0 heterocycles. The van der Waals surface area contributed by atoms with E-state index in [0.717, 1.165) is 39.2 Å². The molecule has 0 bridgehead atoms. The summed E-state index contributed by atoms with van der Waals surface area (Å²) in [6, 6.07) is 20.9. The van der Waals surface area contributed by atoms with E-state index in [1.807, 2.05) is 70.2 Å². The summed E-state index contributed by atoms with van der Waals surface area (Å²) in [7, 11) is -3.83. The Morgan fingerprint density at radius 3 is 2.23 bits per heavy atom. The zero-order chi connectivity index (χ0) is 29.4. The van der Waals surface area contributed by atoms with Gasteiger partial charge in [-0.05, 0) is 67.6 Å². The highest BCUT2D eigenvalue weighted by Crippen LogP contribution is 2.26. The number of carbonyl (C=O) groups is 2. The number of amides is 2. The van der Waals surface area contributed by atoms with Crippen LogP contribution >= 0.6 is 11.6 Å². The highest BCUT2D eigenvalue weighted by Gasteiger charge is 2.33. The quantitative estimate of drug-likeness (QED) is 0.314. The van der Waals surface area contributed by atoms with Gasteiger partial charge in [0.05, 0.1) is 11.9 Å². The van der Waals surface area contributed by atoms with Gasteiger partial charge in [0.1, 0.15) is 12.6 Å². The second-order valence-corrected chi connectivity index (χ2v) is 12.5. The number of nitrogens with one attached hydrogen (secondary N) is 1. The number of nitrogens with zero attached hydrogens (tertiary/aromatic N) is 2. The van der Waals surface area contributed by atoms with Crippen molar-refractivity contribution in [3.63, 3.8) is 0 Å². The average molecular weight is 584 g/mol. The van der Waals surface area contributed by atoms with Crippen LogP contribution in [0.5, 0.6) is 0 Å². The number of anilines is 1. The molecule has 0 aliphatic rings. The summed E-state index contributed by atoms with van der Waals surface area (Å²) in [5.41, 5.74) is 3.71. The molecular formula is C31H38ClN3O4S. The van der Waals surface area contributed by atoms with E-state index in [9.17, 15) is 18.0 Å². The fraction of sp³-hybridized carbons (Fsp3) is 0.355. The van der Waals surface area contributed by atoms with Crippen molar-refractivity contribution in [3.8, 4) is 0 Å². The maximum absolute atomic E-state index is 14.2. The van der Waals surface area contributed by atoms with E-state index < -0.39 is 28.5 Å². The molecule has 214 valence electrons. The van der Waals surface area contributed by atoms with Crippen molar-refractivity contribution in [2.45, 2.75) is 59.2 Å². The molecule has 0 aliphatic heterocycles. The van der Waals surface area contributed by atoms with E-state index in [2.05, 4.69) is 5.32 Å². The molecule has 7 nitrogen and oxygen atoms in total. The summed E-state index contributed by atoms with van der Waals surface area (Å²) in [4.78, 5) is 29.3. The number of hydrogen-bond acceptors (Lipinski definition) is 4. The van der Waals surface area contributed by atoms with Crippen molar-refractivity contribution in [1.82, 2.24) is 10.2 Å². The van der Waals surface area contributed by atoms with Gasteiger partial charge in [0.2, 0.25) is 21.8 Å². The first-order valence-corrected chi connectivity index (χ1v) is 15.6. The van der Waals surface area contributed by atoms with Gasteiger partial charge in [-0.15, -0.1) is 0 Å². The summed E-state index contributed by atoms with van der Waals surface area (Å²) >= 11 is 6.25. The zero-order valence-corrected chi connectivity index (χ0v) is 25.3. The Bertz CT molecular complexity index is 1430. The number of sulfonamides is 1. The Labute approximate surface area is 243 Å². The maximum Gasteiger partial charge on any atom is 0.244 e. The van der Waals surface area contributed by atoms with Crippen LogP contribution in [0.2, 0.25) is 5.02 Å². The van der Waals surface area contributed by atoms with Gasteiger partial charge in [-0.3, -0.25) is 13.9 Å². The highest BCUT2D eigenvalue weighted by molar-refractivity contribution is 7.92. The number of hydrogen-bond donors (Lipinski definition) is 1. The molecule has 0 spiro atoms. The number of carbonyl (C=O) groups excluding carboxylic acids is 2. The van der Waals surface area contributed by atoms with Crippen LogP contribution in [0.1, 0.15) is 42.5 Å². The highest BCUT2D eigenvalue weighted by atomic mass is 35.5. The average Bonchev–Trinajstić information content (AvgIpc) is 2.90. The van der Waals surface area contributed by atoms with E-state index in [-0.39, 0.29) is 24.9 Å². The van der Waals surface area contributed by atoms with Gasteiger partial charge < -0.3 is 10.2 Å². The second-order valence-electron chi connectivity index (χ2n) is 10.2. The van der Waals surface area contributed by atoms with E-state index in [4.69, 9.17) is 11.6 Å². The Kier molecular flexibility index (Phi) is 10.8. The van der Waals surface area contributed by atoms with Gasteiger partial charge >= 0.3 is 0 Å². The first kappa shape index (κ1) is 31.2. The topological polar surface area (TPSA) is 86.8 Å². The summed E-state index contributed by atoms with van der Waals surface area (Å²) in [6.07, 6.45) is 2.07. The van der Waals surface area contributed by atoms with E-state index >= 15 is 0 Å². The first-order chi connectivity index (χ1) is 18.9. The zero-order valence-electron chi connectivity index (χ0n) is 23.7. The third kappa shape index (κ3) is 8.32. The lowest BCUT2D eigenvalue weighted by Crippen LogP contribution is -2.54. The van der Waals surface area contributed by atoms with Crippen LogP contribution in [0.3, 0.4) is 0 Å². The molecule has 2 amide bonds. The van der Waals surface area contributed by atoms with Crippen LogP contribution in [0, 0.1) is 13.8 Å². The van der Waals surface area contributed by atoms with E-state index in [1.54, 1.807) is 30.3 Å². The van der Waals surface area contributed by atoms with Crippen LogP contribution in [0.15, 0.2) is 72.8 Å². The molecule has 3 aromatic carbocycles. The molecule has 0 aliphatic carbocycles. The number of benzene rings is 3. The lowest BCUT2D eigenvalue weighted by molar-refractivity contribution is -0.140. The smallest absolute Gasteiger partial charge is 0.244 e. The molecule has 2 atom stereocenters. The molecule has 0 radical (unpaired) electrons. The molecule has 40 heavy (non-hydrogen) atoms. The standard InChI is InChI=1S/C31H38ClN3O4S/c1-6-23(3)33-31(37)29(19-25-13-8-7-9-14-25)34(20-26-15-11-16-27(32)18-26)30(36)21-35(40(5,38)39)28-17-10-12-22(2)24(28)4/h7-18,23,29H,6,19-21H2,1-5H3,(H,33,37)/t23-,29+/m1/s1. The van der Waals surface area contributed by atoms with Crippen molar-refractivity contribution >= 4 is 39.1 Å². The van der Waals surface area contributed by atoms with Gasteiger partial charge in [-0.25, -0.2) is 8.42 Å². The summed E-state index contributed by atoms with van der Waals surface area (Å²) in [6.45, 7) is 7.23. The predicted octanol–water partition coefficient (Wildman–Crippen LogP) is 5.28. The molecule has 1 N–H and O–H groups in total. The monoisotopic (exact) mass is 583 g/mol. The lowest BCUT2D eigenvalue weighted by Gasteiger charge is -2.34. The van der Waals surface area contributed by atoms with E-state index in [0.29, 0.717) is 10.7 Å². The number of aryl methyl sites for hydroxylation is 1. The lowest BCUT2D eigenvalue weighted by atomic mass is 10.0. The summed E-state index contributed by atoms with van der Waals surface area (Å²) in [5.74, 6) is -0.794. The molecule has 0 saturated carbocycles. The van der Waals surface area contributed by atoms with Crippen molar-refractivity contribution < 1.29 is 18.0 Å². The van der Waals surface area contributed by atoms with Crippen LogP contribution in [0.25, 0.3) is 0 Å². The van der Waals surface area contributed by atoms with Gasteiger partial charge in [-0.2, -0.15) is 0 Å². The first-order valence-electron chi connectivity index (χ1n) is 13.3. The molecule has 3 aromatic rings. The predicted molar refractivity (Wildman–Crippen MR) is 162 cm³/mol. The van der Waals surface area contributed by atoms with Gasteiger partial charge in [0.25, 0.3) is 0 Å². The molecule has 0 saturated heterocycles. The fourth-order valence-electron chi connectivity index (χ4n) is 4.43. The van der Waals surface area contributed by atoms with Crippen LogP contribution in [-0.4, -0.2) is 50.0 Å². The molecule has 0 fully saturated rings. The fourth-order valence-corrected chi connectivity index (χ4v) is 5.54. The molecule has 3 rings (SSSR count). The van der Waals surface area contributed by atoms with Gasteiger partial charge in [-0.1, -0.05) is 73.1 Å². The SMILES string of the molecule is CC[C@@H](C)NC(=O)[C@H](Cc1ccccc1)N(Cc1cccc(Cl)c1)C(=O)CN(c1cccc(C)c1C)S(C)(=O)=O. The Morgan fingerprint density at radius 1 is 0.950 bits per heavy atom. The van der Waals surface area contributed by atoms with Crippen LogP contribution in [-0.2, 0) is 32.6 Å². The van der Waals surface area contributed by atoms with Gasteiger partial charge in [0.15, 0.2) is 0 Å². The summed E-state index contributed by atoms with van der Waals surface area (Å²) in [5, 5.41) is 3.53. The molecular weight excluding hydrogens is 546 g/mol. The number of rotatable bonds is 12. The van der Waals surface area contributed by atoms with Crippen LogP contribution < -0.4 is 9.62 Å². The molecule has 0 unspecified atom stereocenters. The second kappa shape index (κ2) is 13.8. The van der Waals surface area contributed by atoms with Crippen LogP contribution in [0.4, 0.5) is 5.69 Å². The largest absolute Gasteiger partial charge is 0.352 e. The van der Waals surface area contributed by atoms with Gasteiger partial charge in [0, 0.05) is 24.0 Å². The van der Waals surface area contributed by atoms with Crippen molar-refractivity contribution in [2.75, 3.05) is 17.1 Å². The minimum Gasteiger partial charge on any atom is -0.352 e. The van der Waals surface area contributed by atoms with Crippen molar-refractivity contribution in [2.24, 2.45) is 0 Å².